The molecule has 0 fully saturated rings. The summed E-state index contributed by atoms with van der Waals surface area (Å²) in [5.41, 5.74) is 12.9. The monoisotopic (exact) mass is 363 g/mol. The molecule has 0 heterocycles. The van der Waals surface area contributed by atoms with Crippen LogP contribution in [0.1, 0.15) is 59.3 Å². The molecule has 3 nitrogen and oxygen atoms in total. The van der Waals surface area contributed by atoms with Gasteiger partial charge in [0.25, 0.3) is 0 Å². The summed E-state index contributed by atoms with van der Waals surface area (Å²) in [7, 11) is 0. The standard InChI is InChI=1S/3C4H10N.C2H3.Sn/c3*1-2-3-4-5;1-2;/h5H,2-4H2,1H3;2*4H,2-3,5H2,1H3;1H,2H2;/q-1;;;;+1. The van der Waals surface area contributed by atoms with Gasteiger partial charge in [-0.2, -0.15) is 0 Å². The summed E-state index contributed by atoms with van der Waals surface area (Å²) in [6.45, 7) is 11.7. The van der Waals surface area contributed by atoms with Crippen molar-refractivity contribution in [1.29, 1.82) is 0 Å². The van der Waals surface area contributed by atoms with Crippen LogP contribution < -0.4 is 15.0 Å². The molecule has 4 heteroatoms. The number of unbranched alkanes of at least 4 members (excludes halogenated alkanes) is 1. The van der Waals surface area contributed by atoms with Crippen LogP contribution in [-0.2, 0) is 0 Å². The van der Waals surface area contributed by atoms with E-state index in [0.717, 1.165) is 32.2 Å². The number of hydrogen-bond acceptors (Lipinski definition) is 3. The van der Waals surface area contributed by atoms with Crippen molar-refractivity contribution in [3.05, 3.63) is 10.7 Å². The second-order valence-electron chi connectivity index (χ2n) is 5.21. The summed E-state index contributed by atoms with van der Waals surface area (Å²) in [5.74, 6) is 0. The fraction of sp³-hybridized carbons (Fsp3) is 0.857. The van der Waals surface area contributed by atoms with E-state index in [1.807, 2.05) is 0 Å². The minimum atomic E-state index is -2.84. The zero-order valence-corrected chi connectivity index (χ0v) is 15.4. The third-order valence-electron chi connectivity index (χ3n) is 3.73. The van der Waals surface area contributed by atoms with Gasteiger partial charge in [-0.25, -0.2) is 0 Å². The second-order valence-corrected chi connectivity index (χ2v) is 16.9. The Balaban J connectivity index is 4.86. The Labute approximate surface area is 118 Å². The number of hydrogen-bond donors (Lipinski definition) is 3. The first kappa shape index (κ1) is 18.4. The molecule has 0 saturated carbocycles. The zero-order valence-electron chi connectivity index (χ0n) is 12.5. The van der Waals surface area contributed by atoms with Crippen LogP contribution in [0.15, 0.2) is 10.7 Å². The van der Waals surface area contributed by atoms with Crippen LogP contribution in [0.4, 0.5) is 0 Å². The van der Waals surface area contributed by atoms with Gasteiger partial charge in [-0.05, 0) is 0 Å². The quantitative estimate of drug-likeness (QED) is 0.391. The molecule has 0 bridgehead atoms. The van der Waals surface area contributed by atoms with E-state index in [0.29, 0.717) is 0 Å². The molecule has 108 valence electrons. The number of nitrogens with two attached hydrogens (primary N) is 2. The summed E-state index contributed by atoms with van der Waals surface area (Å²) >= 11 is -2.84. The maximum atomic E-state index is 6.47. The summed E-state index contributed by atoms with van der Waals surface area (Å²) in [4.78, 5) is 0. The van der Waals surface area contributed by atoms with E-state index >= 15 is 0 Å². The van der Waals surface area contributed by atoms with Gasteiger partial charge in [0.05, 0.1) is 0 Å². The van der Waals surface area contributed by atoms with E-state index in [-0.39, 0.29) is 8.12 Å². The van der Waals surface area contributed by atoms with Crippen LogP contribution in [0.5, 0.6) is 0 Å². The van der Waals surface area contributed by atoms with Crippen molar-refractivity contribution in [2.45, 2.75) is 67.4 Å². The molecular weight excluding hydrogens is 329 g/mol. The van der Waals surface area contributed by atoms with E-state index in [1.165, 1.54) is 12.8 Å². The van der Waals surface area contributed by atoms with Crippen LogP contribution in [0.2, 0.25) is 0 Å². The van der Waals surface area contributed by atoms with Crippen LogP contribution in [-0.4, -0.2) is 33.3 Å². The van der Waals surface area contributed by atoms with Crippen LogP contribution >= 0.6 is 0 Å². The van der Waals surface area contributed by atoms with E-state index in [2.05, 4.69) is 35.0 Å². The van der Waals surface area contributed by atoms with Gasteiger partial charge in [0.2, 0.25) is 0 Å². The van der Waals surface area contributed by atoms with Crippen LogP contribution in [0.3, 0.4) is 0 Å². The van der Waals surface area contributed by atoms with E-state index < -0.39 is 18.7 Å². The molecule has 0 aromatic rings. The maximum absolute atomic E-state index is 6.47. The van der Waals surface area contributed by atoms with Crippen molar-refractivity contribution in [3.63, 3.8) is 0 Å². The normalized spacial score (nSPS) is 18.1. The van der Waals surface area contributed by atoms with Gasteiger partial charge in [-0.3, -0.25) is 0 Å². The Morgan fingerprint density at radius 2 is 1.56 bits per heavy atom. The second kappa shape index (κ2) is 10.2. The van der Waals surface area contributed by atoms with Crippen molar-refractivity contribution in [3.8, 4) is 0 Å². The summed E-state index contributed by atoms with van der Waals surface area (Å²) in [6.07, 6.45) is 6.80. The first-order valence-corrected chi connectivity index (χ1v) is 13.9. The average Bonchev–Trinajstić information content (AvgIpc) is 2.35. The molecule has 0 aliphatic rings. The fourth-order valence-corrected chi connectivity index (χ4v) is 13.8. The van der Waals surface area contributed by atoms with Crippen LogP contribution in [0.25, 0.3) is 0 Å². The molecule has 0 rings (SSSR count). The van der Waals surface area contributed by atoms with Crippen molar-refractivity contribution in [1.82, 2.24) is 3.54 Å². The molecule has 5 N–H and O–H groups in total. The van der Waals surface area contributed by atoms with Crippen molar-refractivity contribution >= 4 is 18.7 Å². The molecule has 2 atom stereocenters. The van der Waals surface area contributed by atoms with Crippen molar-refractivity contribution < 1.29 is 0 Å². The molecule has 0 amide bonds. The Morgan fingerprint density at radius 1 is 1.06 bits per heavy atom. The van der Waals surface area contributed by atoms with Gasteiger partial charge in [0.15, 0.2) is 0 Å². The predicted octanol–water partition coefficient (Wildman–Crippen LogP) is 2.38. The van der Waals surface area contributed by atoms with Gasteiger partial charge >= 0.3 is 118 Å². The Hall–Kier alpha value is 0.419. The Morgan fingerprint density at radius 3 is 1.89 bits per heavy atom. The zero-order chi connectivity index (χ0) is 14.0. The molecule has 18 heavy (non-hydrogen) atoms. The van der Waals surface area contributed by atoms with E-state index in [4.69, 9.17) is 11.5 Å². The molecule has 0 aromatic heterocycles. The van der Waals surface area contributed by atoms with Gasteiger partial charge < -0.3 is 0 Å². The molecule has 0 aliphatic carbocycles. The molecule has 0 aromatic carbocycles. The molecule has 0 radical (unpaired) electrons. The molecule has 0 aliphatic heterocycles. The summed E-state index contributed by atoms with van der Waals surface area (Å²) in [6, 6.07) is 0. The third kappa shape index (κ3) is 5.19. The Kier molecular flexibility index (Phi) is 10.5. The number of nitrogens with one attached hydrogen (secondary N) is 1. The molecule has 0 spiro atoms. The van der Waals surface area contributed by atoms with E-state index in [1.54, 1.807) is 0 Å². The van der Waals surface area contributed by atoms with Gasteiger partial charge in [0, 0.05) is 0 Å². The fourth-order valence-electron chi connectivity index (χ4n) is 2.49. The topological polar surface area (TPSA) is 64.1 Å². The first-order chi connectivity index (χ1) is 8.58. The third-order valence-corrected chi connectivity index (χ3v) is 16.8. The van der Waals surface area contributed by atoms with Crippen molar-refractivity contribution in [2.24, 2.45) is 11.5 Å². The molecule has 2 unspecified atom stereocenters. The van der Waals surface area contributed by atoms with Crippen LogP contribution in [0, 0.1) is 0 Å². The van der Waals surface area contributed by atoms with Gasteiger partial charge in [-0.15, -0.1) is 0 Å². The number of rotatable bonds is 11. The molecular formula is C14H33N3Sn. The average molecular weight is 362 g/mol. The predicted molar refractivity (Wildman–Crippen MR) is 84.6 cm³/mol. The summed E-state index contributed by atoms with van der Waals surface area (Å²) < 4.78 is 6.45. The first-order valence-electron chi connectivity index (χ1n) is 7.48. The SMILES string of the molecule is C=[CH][Sn]([NH]CCCC)([CH](N)CCC)[CH](N)CCC. The molecule has 0 saturated heterocycles. The van der Waals surface area contributed by atoms with E-state index in [9.17, 15) is 0 Å². The minimum absolute atomic E-state index is 0.250. The van der Waals surface area contributed by atoms with Gasteiger partial charge in [0.1, 0.15) is 0 Å². The summed E-state index contributed by atoms with van der Waals surface area (Å²) in [5, 5.41) is 0. The van der Waals surface area contributed by atoms with Gasteiger partial charge in [-0.1, -0.05) is 0 Å². The van der Waals surface area contributed by atoms with Crippen molar-refractivity contribution in [2.75, 3.05) is 6.54 Å². The Bertz CT molecular complexity index is 209.